The Hall–Kier alpha value is -3.87. The fourth-order valence-electron chi connectivity index (χ4n) is 3.65. The molecule has 0 bridgehead atoms. The predicted octanol–water partition coefficient (Wildman–Crippen LogP) is 3.17. The number of rotatable bonds is 5. The van der Waals surface area contributed by atoms with Gasteiger partial charge in [-0.1, -0.05) is 49.4 Å². The van der Waals surface area contributed by atoms with Crippen molar-refractivity contribution in [2.45, 2.75) is 37.7 Å². The molecule has 0 radical (unpaired) electrons. The topological polar surface area (TPSA) is 138 Å². The van der Waals surface area contributed by atoms with Gasteiger partial charge >= 0.3 is 12.1 Å². The lowest BCUT2D eigenvalue weighted by molar-refractivity contribution is -0.192. The van der Waals surface area contributed by atoms with Crippen LogP contribution in [0.15, 0.2) is 48.5 Å². The summed E-state index contributed by atoms with van der Waals surface area (Å²) in [5, 5.41) is 21.2. The Bertz CT molecular complexity index is 1170. The van der Waals surface area contributed by atoms with Crippen molar-refractivity contribution in [3.05, 3.63) is 54.1 Å². The van der Waals surface area contributed by atoms with Crippen molar-refractivity contribution in [1.29, 1.82) is 0 Å². The van der Waals surface area contributed by atoms with Gasteiger partial charge in [0.25, 0.3) is 0 Å². The lowest BCUT2D eigenvalue weighted by atomic mass is 9.91. The van der Waals surface area contributed by atoms with Gasteiger partial charge in [0.15, 0.2) is 0 Å². The minimum atomic E-state index is -5.08. The molecule has 192 valence electrons. The minimum Gasteiger partial charge on any atom is -0.475 e. The van der Waals surface area contributed by atoms with Gasteiger partial charge in [-0.15, -0.1) is 10.2 Å². The van der Waals surface area contributed by atoms with E-state index in [2.05, 4.69) is 20.6 Å². The fourth-order valence-corrected chi connectivity index (χ4v) is 3.65. The normalized spacial score (nSPS) is 17.2. The molecule has 3 atom stereocenters. The highest BCUT2D eigenvalue weighted by atomic mass is 19.4. The largest absolute Gasteiger partial charge is 0.490 e. The number of carbonyl (C=O) groups excluding carboxylic acids is 1. The van der Waals surface area contributed by atoms with E-state index in [0.29, 0.717) is 18.8 Å². The Kier molecular flexibility index (Phi) is 8.35. The Labute approximate surface area is 203 Å². The lowest BCUT2D eigenvalue weighted by Gasteiger charge is -2.25. The molecule has 13 heteroatoms. The number of hydrogen-bond donors (Lipinski definition) is 3. The summed E-state index contributed by atoms with van der Waals surface area (Å²) < 4.78 is 45.1. The molecule has 3 aromatic rings. The number of halogens is 4. The van der Waals surface area contributed by atoms with E-state index in [1.165, 1.54) is 4.90 Å². The zero-order chi connectivity index (χ0) is 26.5. The highest BCUT2D eigenvalue weighted by Crippen LogP contribution is 2.27. The van der Waals surface area contributed by atoms with Crippen molar-refractivity contribution in [1.82, 2.24) is 25.5 Å². The summed E-state index contributed by atoms with van der Waals surface area (Å²) in [4.78, 5) is 23.0. The van der Waals surface area contributed by atoms with E-state index in [9.17, 15) is 22.4 Å². The van der Waals surface area contributed by atoms with Crippen molar-refractivity contribution in [3.63, 3.8) is 0 Å². The molecular formula is C23H24F4N6O3. The molecule has 1 amide bonds. The molecule has 1 fully saturated rings. The number of nitrogens with one attached hydrogen (secondary N) is 1. The summed E-state index contributed by atoms with van der Waals surface area (Å²) in [6.07, 6.45) is -5.63. The van der Waals surface area contributed by atoms with Gasteiger partial charge in [0.05, 0.1) is 12.6 Å². The molecule has 2 heterocycles. The highest BCUT2D eigenvalue weighted by molar-refractivity contribution is 5.83. The number of amides is 1. The van der Waals surface area contributed by atoms with E-state index < -0.39 is 24.4 Å². The zero-order valence-electron chi connectivity index (χ0n) is 19.1. The molecule has 0 saturated carbocycles. The van der Waals surface area contributed by atoms with Gasteiger partial charge < -0.3 is 15.7 Å². The number of carbonyl (C=O) groups is 2. The van der Waals surface area contributed by atoms with Crippen LogP contribution < -0.4 is 5.73 Å². The molecule has 1 aliphatic heterocycles. The molecule has 4 N–H and O–H groups in total. The summed E-state index contributed by atoms with van der Waals surface area (Å²) in [7, 11) is 0. The third kappa shape index (κ3) is 6.62. The van der Waals surface area contributed by atoms with Gasteiger partial charge in [-0.25, -0.2) is 9.18 Å². The van der Waals surface area contributed by atoms with E-state index in [4.69, 9.17) is 15.6 Å². The molecule has 1 aromatic heterocycles. The first-order valence-electron chi connectivity index (χ1n) is 10.9. The molecule has 1 saturated heterocycles. The van der Waals surface area contributed by atoms with Gasteiger partial charge in [-0.05, 0) is 34.4 Å². The van der Waals surface area contributed by atoms with E-state index in [1.54, 1.807) is 0 Å². The number of tetrazole rings is 1. The van der Waals surface area contributed by atoms with Crippen molar-refractivity contribution in [2.75, 3.05) is 13.1 Å². The second kappa shape index (κ2) is 11.2. The average molecular weight is 508 g/mol. The summed E-state index contributed by atoms with van der Waals surface area (Å²) in [6.45, 7) is 2.52. The van der Waals surface area contributed by atoms with Gasteiger partial charge in [0.2, 0.25) is 11.7 Å². The first-order valence-corrected chi connectivity index (χ1v) is 10.9. The van der Waals surface area contributed by atoms with E-state index in [-0.39, 0.29) is 18.4 Å². The maximum atomic E-state index is 13.4. The van der Waals surface area contributed by atoms with Gasteiger partial charge in [0, 0.05) is 18.0 Å². The van der Waals surface area contributed by atoms with Crippen molar-refractivity contribution in [3.8, 4) is 22.5 Å². The van der Waals surface area contributed by atoms with Crippen LogP contribution in [0.1, 0.15) is 24.8 Å². The Morgan fingerprint density at radius 3 is 2.31 bits per heavy atom. The number of benzene rings is 2. The first kappa shape index (κ1) is 26.7. The molecule has 0 spiro atoms. The number of H-pyrrole nitrogens is 1. The van der Waals surface area contributed by atoms with E-state index in [1.807, 2.05) is 55.5 Å². The highest BCUT2D eigenvalue weighted by Gasteiger charge is 2.38. The third-order valence-corrected chi connectivity index (χ3v) is 5.74. The maximum absolute atomic E-state index is 13.4. The zero-order valence-corrected chi connectivity index (χ0v) is 19.1. The van der Waals surface area contributed by atoms with E-state index in [0.717, 1.165) is 22.3 Å². The van der Waals surface area contributed by atoms with E-state index >= 15 is 0 Å². The van der Waals surface area contributed by atoms with Crippen LogP contribution in [0.25, 0.3) is 22.5 Å². The van der Waals surface area contributed by atoms with Crippen LogP contribution in [0.4, 0.5) is 17.6 Å². The summed E-state index contributed by atoms with van der Waals surface area (Å²) >= 11 is 0. The number of carboxylic acids is 1. The smallest absolute Gasteiger partial charge is 0.475 e. The monoisotopic (exact) mass is 508 g/mol. The third-order valence-electron chi connectivity index (χ3n) is 5.74. The lowest BCUT2D eigenvalue weighted by Crippen LogP contribution is -2.45. The molecular weight excluding hydrogens is 484 g/mol. The second-order valence-electron chi connectivity index (χ2n) is 8.23. The quantitative estimate of drug-likeness (QED) is 0.450. The van der Waals surface area contributed by atoms with Gasteiger partial charge in [0.1, 0.15) is 6.17 Å². The van der Waals surface area contributed by atoms with Crippen molar-refractivity contribution < 1.29 is 32.3 Å². The first-order chi connectivity index (χ1) is 17.0. The predicted molar refractivity (Wildman–Crippen MR) is 121 cm³/mol. The number of likely N-dealkylation sites (tertiary alicyclic amines) is 1. The van der Waals surface area contributed by atoms with Crippen LogP contribution in [0, 0.1) is 0 Å². The molecule has 36 heavy (non-hydrogen) atoms. The number of aromatic nitrogens is 4. The van der Waals surface area contributed by atoms with Crippen molar-refractivity contribution in [2.24, 2.45) is 5.73 Å². The van der Waals surface area contributed by atoms with Crippen molar-refractivity contribution >= 4 is 11.9 Å². The molecule has 0 aliphatic carbocycles. The second-order valence-corrected chi connectivity index (χ2v) is 8.23. The standard InChI is InChI=1S/C21H23FN6O.C2HF3O2/c1-13(19(23)21(29)28-10-9-18(22)12-28)14-5-7-15(8-6-14)16-3-2-4-17(11-16)20-24-26-27-25-20;3-2(4,5)1(6)7/h2-8,11,13,18-19H,9-10,12,23H2,1H3,(H,24,25,26,27);(H,6,7)/t13-,18-,19-;/m0./s1. The minimum absolute atomic E-state index is 0.148. The van der Waals surface area contributed by atoms with Crippen LogP contribution in [0.2, 0.25) is 0 Å². The SMILES string of the molecule is C[C@@H](c1ccc(-c2cccc(-c3nn[nH]n3)c2)cc1)[C@H](N)C(=O)N1CC[C@H](F)C1.O=C(O)C(F)(F)F. The molecule has 0 unspecified atom stereocenters. The average Bonchev–Trinajstić information content (AvgIpc) is 3.55. The van der Waals surface area contributed by atoms with Gasteiger partial charge in [-0.2, -0.15) is 18.4 Å². The Morgan fingerprint density at radius 1 is 1.14 bits per heavy atom. The maximum Gasteiger partial charge on any atom is 0.490 e. The van der Waals surface area contributed by atoms with Crippen LogP contribution in [-0.2, 0) is 9.59 Å². The number of aliphatic carboxylic acids is 1. The number of carboxylic acid groups (broad SMARTS) is 1. The number of nitrogens with zero attached hydrogens (tertiary/aromatic N) is 4. The van der Waals surface area contributed by atoms with Crippen LogP contribution >= 0.6 is 0 Å². The van der Waals surface area contributed by atoms with Crippen LogP contribution in [-0.4, -0.2) is 74.0 Å². The number of alkyl halides is 4. The molecule has 9 nitrogen and oxygen atoms in total. The summed E-state index contributed by atoms with van der Waals surface area (Å²) in [5.74, 6) is -2.57. The van der Waals surface area contributed by atoms with Gasteiger partial charge in [-0.3, -0.25) is 4.79 Å². The van der Waals surface area contributed by atoms with Crippen LogP contribution in [0.5, 0.6) is 0 Å². The van der Waals surface area contributed by atoms with Crippen LogP contribution in [0.3, 0.4) is 0 Å². The molecule has 4 rings (SSSR count). The number of nitrogens with two attached hydrogens (primary N) is 1. The number of hydrogen-bond acceptors (Lipinski definition) is 6. The number of aromatic amines is 1. The molecule has 1 aliphatic rings. The fraction of sp³-hybridized carbons (Fsp3) is 0.348. The summed E-state index contributed by atoms with van der Waals surface area (Å²) in [6, 6.07) is 15.2. The summed E-state index contributed by atoms with van der Waals surface area (Å²) in [5.41, 5.74) is 10.1. The molecule has 2 aromatic carbocycles. The Morgan fingerprint density at radius 2 is 1.78 bits per heavy atom. The Balaban J connectivity index is 0.000000454.